The Bertz CT molecular complexity index is 339. The van der Waals surface area contributed by atoms with E-state index in [1.807, 2.05) is 18.7 Å². The molecule has 0 aromatic carbocycles. The summed E-state index contributed by atoms with van der Waals surface area (Å²) in [6.07, 6.45) is 8.44. The lowest BCUT2D eigenvalue weighted by molar-refractivity contribution is 0.147. The molecule has 0 bridgehead atoms. The molecule has 1 atom stereocenters. The number of nitrogens with one attached hydrogen (secondary N) is 1. The fourth-order valence-electron chi connectivity index (χ4n) is 2.63. The zero-order valence-electron chi connectivity index (χ0n) is 11.9. The van der Waals surface area contributed by atoms with Crippen LogP contribution in [-0.2, 0) is 6.54 Å². The van der Waals surface area contributed by atoms with Crippen LogP contribution in [0.5, 0.6) is 0 Å². The molecular weight excluding hydrogens is 224 g/mol. The van der Waals surface area contributed by atoms with Gasteiger partial charge in [-0.2, -0.15) is 0 Å². The van der Waals surface area contributed by atoms with Crippen molar-refractivity contribution in [3.05, 3.63) is 18.7 Å². The van der Waals surface area contributed by atoms with Gasteiger partial charge in [0.2, 0.25) is 0 Å². The molecule has 0 saturated carbocycles. The second-order valence-electron chi connectivity index (χ2n) is 6.05. The van der Waals surface area contributed by atoms with Crippen LogP contribution in [0.4, 0.5) is 0 Å². The highest BCUT2D eigenvalue weighted by atomic mass is 15.2. The first-order valence-corrected chi connectivity index (χ1v) is 7.02. The first-order chi connectivity index (χ1) is 8.58. The molecular formula is C14H26N4. The van der Waals surface area contributed by atoms with Crippen molar-refractivity contribution in [2.24, 2.45) is 0 Å². The maximum atomic E-state index is 4.07. The minimum absolute atomic E-state index is 0.264. The molecule has 0 unspecified atom stereocenters. The second-order valence-corrected chi connectivity index (χ2v) is 6.05. The molecule has 18 heavy (non-hydrogen) atoms. The van der Waals surface area contributed by atoms with Gasteiger partial charge in [0.25, 0.3) is 0 Å². The van der Waals surface area contributed by atoms with Gasteiger partial charge in [0.15, 0.2) is 0 Å². The summed E-state index contributed by atoms with van der Waals surface area (Å²) >= 11 is 0. The van der Waals surface area contributed by atoms with Crippen LogP contribution in [0.2, 0.25) is 0 Å². The molecule has 0 spiro atoms. The zero-order chi connectivity index (χ0) is 13.0. The first kappa shape index (κ1) is 13.6. The summed E-state index contributed by atoms with van der Waals surface area (Å²) in [4.78, 5) is 6.68. The molecule has 1 N–H and O–H groups in total. The van der Waals surface area contributed by atoms with Crippen LogP contribution >= 0.6 is 0 Å². The van der Waals surface area contributed by atoms with Crippen molar-refractivity contribution in [3.63, 3.8) is 0 Å². The maximum absolute atomic E-state index is 4.07. The topological polar surface area (TPSA) is 33.1 Å². The van der Waals surface area contributed by atoms with E-state index >= 15 is 0 Å². The highest BCUT2D eigenvalue weighted by molar-refractivity contribution is 4.87. The third-order valence-electron chi connectivity index (χ3n) is 3.89. The fraction of sp³-hybridized carbons (Fsp3) is 0.786. The summed E-state index contributed by atoms with van der Waals surface area (Å²) in [7, 11) is 0. The van der Waals surface area contributed by atoms with Gasteiger partial charge < -0.3 is 9.88 Å². The molecule has 0 amide bonds. The number of hydrogen-bond acceptors (Lipinski definition) is 3. The average Bonchev–Trinajstić information content (AvgIpc) is 2.99. The summed E-state index contributed by atoms with van der Waals surface area (Å²) in [5.41, 5.74) is 0.264. The van der Waals surface area contributed by atoms with E-state index in [0.29, 0.717) is 6.04 Å². The third kappa shape index (κ3) is 3.56. The molecule has 2 heterocycles. The van der Waals surface area contributed by atoms with Gasteiger partial charge >= 0.3 is 0 Å². The van der Waals surface area contributed by atoms with Gasteiger partial charge in [-0.05, 0) is 46.7 Å². The Labute approximate surface area is 110 Å². The molecule has 1 saturated heterocycles. The molecule has 0 radical (unpaired) electrons. The van der Waals surface area contributed by atoms with Crippen molar-refractivity contribution < 1.29 is 0 Å². The third-order valence-corrected chi connectivity index (χ3v) is 3.89. The zero-order valence-corrected chi connectivity index (χ0v) is 11.9. The van der Waals surface area contributed by atoms with Crippen LogP contribution in [0.3, 0.4) is 0 Å². The lowest BCUT2D eigenvalue weighted by atomic mass is 10.0. The van der Waals surface area contributed by atoms with Crippen LogP contribution in [0.15, 0.2) is 18.7 Å². The normalized spacial score (nSPS) is 19.3. The number of nitrogens with zero attached hydrogens (tertiary/aromatic N) is 3. The predicted octanol–water partition coefficient (Wildman–Crippen LogP) is 1.74. The Morgan fingerprint density at radius 1 is 1.33 bits per heavy atom. The van der Waals surface area contributed by atoms with E-state index in [1.165, 1.54) is 25.9 Å². The van der Waals surface area contributed by atoms with Gasteiger partial charge in [0, 0.05) is 37.1 Å². The standard InChI is InChI=1S/C14H26N4/c1-13(10-17-9-6-15-12-17)16-11-14(2,3)18-7-4-5-8-18/h6,9,12-13,16H,4-5,7-8,10-11H2,1-3H3/t13-/m0/s1. The molecule has 1 fully saturated rings. The summed E-state index contributed by atoms with van der Waals surface area (Å²) in [6, 6.07) is 0.473. The van der Waals surface area contributed by atoms with Crippen molar-refractivity contribution in [2.45, 2.75) is 51.7 Å². The maximum Gasteiger partial charge on any atom is 0.0946 e. The van der Waals surface area contributed by atoms with Crippen molar-refractivity contribution >= 4 is 0 Å². The Kier molecular flexibility index (Phi) is 4.40. The highest BCUT2D eigenvalue weighted by Crippen LogP contribution is 2.20. The minimum Gasteiger partial charge on any atom is -0.336 e. The summed E-state index contributed by atoms with van der Waals surface area (Å²) in [5.74, 6) is 0. The minimum atomic E-state index is 0.264. The molecule has 1 aromatic heterocycles. The number of rotatable bonds is 6. The molecule has 4 heteroatoms. The van der Waals surface area contributed by atoms with Gasteiger partial charge in [-0.3, -0.25) is 4.90 Å². The smallest absolute Gasteiger partial charge is 0.0946 e. The van der Waals surface area contributed by atoms with Gasteiger partial charge in [-0.15, -0.1) is 0 Å². The first-order valence-electron chi connectivity index (χ1n) is 7.02. The van der Waals surface area contributed by atoms with Crippen LogP contribution < -0.4 is 5.32 Å². The molecule has 1 aliphatic heterocycles. The van der Waals surface area contributed by atoms with E-state index in [1.54, 1.807) is 0 Å². The summed E-state index contributed by atoms with van der Waals surface area (Å²) in [6.45, 7) is 11.5. The van der Waals surface area contributed by atoms with E-state index in [9.17, 15) is 0 Å². The Hall–Kier alpha value is -0.870. The Morgan fingerprint density at radius 3 is 2.67 bits per heavy atom. The number of likely N-dealkylation sites (tertiary alicyclic amines) is 1. The van der Waals surface area contributed by atoms with Gasteiger partial charge in [0.05, 0.1) is 6.33 Å². The van der Waals surface area contributed by atoms with Crippen molar-refractivity contribution in [2.75, 3.05) is 19.6 Å². The van der Waals surface area contributed by atoms with Crippen molar-refractivity contribution in [1.29, 1.82) is 0 Å². The van der Waals surface area contributed by atoms with Crippen LogP contribution in [0.25, 0.3) is 0 Å². The SMILES string of the molecule is C[C@@H](Cn1ccnc1)NCC(C)(C)N1CCCC1. The van der Waals surface area contributed by atoms with E-state index in [4.69, 9.17) is 0 Å². The molecule has 0 aliphatic carbocycles. The second kappa shape index (κ2) is 5.85. The Balaban J connectivity index is 1.76. The number of aromatic nitrogens is 2. The average molecular weight is 250 g/mol. The van der Waals surface area contributed by atoms with Crippen LogP contribution in [-0.4, -0.2) is 45.7 Å². The fourth-order valence-corrected chi connectivity index (χ4v) is 2.63. The number of imidazole rings is 1. The highest BCUT2D eigenvalue weighted by Gasteiger charge is 2.28. The number of hydrogen-bond donors (Lipinski definition) is 1. The van der Waals surface area contributed by atoms with Crippen molar-refractivity contribution in [1.82, 2.24) is 19.8 Å². The van der Waals surface area contributed by atoms with Gasteiger partial charge in [-0.25, -0.2) is 4.98 Å². The van der Waals surface area contributed by atoms with Crippen molar-refractivity contribution in [3.8, 4) is 0 Å². The van der Waals surface area contributed by atoms with Gasteiger partial charge in [-0.1, -0.05) is 0 Å². The van der Waals surface area contributed by atoms with E-state index in [-0.39, 0.29) is 5.54 Å². The monoisotopic (exact) mass is 250 g/mol. The van der Waals surface area contributed by atoms with E-state index in [2.05, 4.69) is 40.5 Å². The molecule has 2 rings (SSSR count). The molecule has 1 aromatic rings. The van der Waals surface area contributed by atoms with Crippen LogP contribution in [0.1, 0.15) is 33.6 Å². The summed E-state index contributed by atoms with van der Waals surface area (Å²) < 4.78 is 2.13. The van der Waals surface area contributed by atoms with Gasteiger partial charge in [0.1, 0.15) is 0 Å². The molecule has 102 valence electrons. The molecule has 1 aliphatic rings. The lowest BCUT2D eigenvalue weighted by Crippen LogP contribution is -2.51. The quantitative estimate of drug-likeness (QED) is 0.835. The lowest BCUT2D eigenvalue weighted by Gasteiger charge is -2.36. The largest absolute Gasteiger partial charge is 0.336 e. The predicted molar refractivity (Wildman–Crippen MR) is 74.6 cm³/mol. The van der Waals surface area contributed by atoms with E-state index < -0.39 is 0 Å². The molecule has 4 nitrogen and oxygen atoms in total. The van der Waals surface area contributed by atoms with Crippen LogP contribution in [0, 0.1) is 0 Å². The van der Waals surface area contributed by atoms with E-state index in [0.717, 1.165) is 13.1 Å². The Morgan fingerprint density at radius 2 is 2.06 bits per heavy atom. The summed E-state index contributed by atoms with van der Waals surface area (Å²) in [5, 5.41) is 3.65.